The van der Waals surface area contributed by atoms with Crippen LogP contribution in [-0.4, -0.2) is 46.6 Å². The molecule has 0 saturated heterocycles. The first-order valence-electron chi connectivity index (χ1n) is 7.21. The van der Waals surface area contributed by atoms with Crippen molar-refractivity contribution >= 4 is 11.6 Å². The average Bonchev–Trinajstić information content (AvgIpc) is 2.45. The van der Waals surface area contributed by atoms with E-state index in [-0.39, 0.29) is 18.6 Å². The van der Waals surface area contributed by atoms with E-state index in [1.54, 1.807) is 17.2 Å². The van der Waals surface area contributed by atoms with Gasteiger partial charge in [0.15, 0.2) is 0 Å². The van der Waals surface area contributed by atoms with Gasteiger partial charge in [0.2, 0.25) is 0 Å². The van der Waals surface area contributed by atoms with Crippen molar-refractivity contribution in [3.63, 3.8) is 0 Å². The van der Waals surface area contributed by atoms with Crippen LogP contribution >= 0.6 is 0 Å². The van der Waals surface area contributed by atoms with Crippen LogP contribution in [0.1, 0.15) is 44.1 Å². The third-order valence-corrected chi connectivity index (χ3v) is 3.00. The van der Waals surface area contributed by atoms with Crippen LogP contribution < -0.4 is 5.32 Å². The molecule has 1 rings (SSSR count). The number of aliphatic hydroxyl groups excluding tert-OH is 1. The average molecular weight is 279 g/mol. The zero-order valence-corrected chi connectivity index (χ0v) is 12.6. The van der Waals surface area contributed by atoms with E-state index in [9.17, 15) is 4.79 Å². The van der Waals surface area contributed by atoms with Crippen molar-refractivity contribution in [1.82, 2.24) is 9.88 Å². The first-order valence-corrected chi connectivity index (χ1v) is 7.21. The third kappa shape index (κ3) is 4.81. The standard InChI is InChI=1S/C15H25N3O2/c1-4-8-16-13-6-7-14(17-11-13)15(20)18(12(2)3)9-5-10-19/h6-7,11-12,16,19H,4-5,8-10H2,1-3H3. The van der Waals surface area contributed by atoms with Gasteiger partial charge in [0.05, 0.1) is 11.9 Å². The molecule has 1 amide bonds. The fourth-order valence-electron chi connectivity index (χ4n) is 1.88. The topological polar surface area (TPSA) is 65.5 Å². The fourth-order valence-corrected chi connectivity index (χ4v) is 1.88. The maximum absolute atomic E-state index is 12.4. The van der Waals surface area contributed by atoms with Gasteiger partial charge in [-0.2, -0.15) is 0 Å². The molecule has 0 aromatic carbocycles. The molecule has 20 heavy (non-hydrogen) atoms. The number of rotatable bonds is 8. The van der Waals surface area contributed by atoms with E-state index in [0.717, 1.165) is 18.7 Å². The van der Waals surface area contributed by atoms with Crippen LogP contribution in [0.25, 0.3) is 0 Å². The number of carbonyl (C=O) groups is 1. The van der Waals surface area contributed by atoms with Crippen LogP contribution in [0.2, 0.25) is 0 Å². The molecule has 2 N–H and O–H groups in total. The summed E-state index contributed by atoms with van der Waals surface area (Å²) in [6, 6.07) is 3.71. The summed E-state index contributed by atoms with van der Waals surface area (Å²) >= 11 is 0. The first-order chi connectivity index (χ1) is 9.60. The zero-order chi connectivity index (χ0) is 15.0. The summed E-state index contributed by atoms with van der Waals surface area (Å²) in [4.78, 5) is 18.3. The number of aromatic nitrogens is 1. The molecular weight excluding hydrogens is 254 g/mol. The molecule has 0 atom stereocenters. The molecule has 0 saturated carbocycles. The number of nitrogens with one attached hydrogen (secondary N) is 1. The van der Waals surface area contributed by atoms with Gasteiger partial charge in [-0.25, -0.2) is 4.98 Å². The van der Waals surface area contributed by atoms with Crippen molar-refractivity contribution in [2.45, 2.75) is 39.7 Å². The summed E-state index contributed by atoms with van der Waals surface area (Å²) in [5.74, 6) is -0.0875. The van der Waals surface area contributed by atoms with Crippen molar-refractivity contribution in [2.75, 3.05) is 25.0 Å². The molecule has 0 spiro atoms. The molecule has 1 aromatic heterocycles. The fraction of sp³-hybridized carbons (Fsp3) is 0.600. The number of amides is 1. The minimum Gasteiger partial charge on any atom is -0.396 e. The second-order valence-electron chi connectivity index (χ2n) is 5.03. The lowest BCUT2D eigenvalue weighted by Gasteiger charge is -2.26. The van der Waals surface area contributed by atoms with Crippen molar-refractivity contribution in [2.24, 2.45) is 0 Å². The van der Waals surface area contributed by atoms with Crippen LogP contribution in [0.4, 0.5) is 5.69 Å². The lowest BCUT2D eigenvalue weighted by molar-refractivity contribution is 0.0687. The summed E-state index contributed by atoms with van der Waals surface area (Å²) < 4.78 is 0. The molecule has 1 aromatic rings. The van der Waals surface area contributed by atoms with E-state index in [4.69, 9.17) is 5.11 Å². The summed E-state index contributed by atoms with van der Waals surface area (Å²) in [7, 11) is 0. The number of aliphatic hydroxyl groups is 1. The summed E-state index contributed by atoms with van der Waals surface area (Å²) in [5.41, 5.74) is 1.37. The molecule has 112 valence electrons. The number of anilines is 1. The van der Waals surface area contributed by atoms with E-state index in [1.807, 2.05) is 19.9 Å². The van der Waals surface area contributed by atoms with Crippen molar-refractivity contribution in [3.05, 3.63) is 24.0 Å². The molecule has 5 heteroatoms. The summed E-state index contributed by atoms with van der Waals surface area (Å²) in [6.45, 7) is 7.55. The maximum atomic E-state index is 12.4. The van der Waals surface area contributed by atoms with Gasteiger partial charge in [-0.05, 0) is 38.8 Å². The van der Waals surface area contributed by atoms with Crippen LogP contribution in [0.5, 0.6) is 0 Å². The number of hydrogen-bond donors (Lipinski definition) is 2. The molecule has 0 unspecified atom stereocenters. The Kier molecular flexibility index (Phi) is 7.01. The molecule has 0 aliphatic rings. The van der Waals surface area contributed by atoms with E-state index in [0.29, 0.717) is 18.7 Å². The Morgan fingerprint density at radius 3 is 2.70 bits per heavy atom. The van der Waals surface area contributed by atoms with Gasteiger partial charge < -0.3 is 15.3 Å². The van der Waals surface area contributed by atoms with Crippen molar-refractivity contribution in [3.8, 4) is 0 Å². The lowest BCUT2D eigenvalue weighted by Crippen LogP contribution is -2.38. The van der Waals surface area contributed by atoms with E-state index < -0.39 is 0 Å². The van der Waals surface area contributed by atoms with Crippen LogP contribution in [-0.2, 0) is 0 Å². The zero-order valence-electron chi connectivity index (χ0n) is 12.6. The largest absolute Gasteiger partial charge is 0.396 e. The van der Waals surface area contributed by atoms with Gasteiger partial charge in [-0.1, -0.05) is 6.92 Å². The van der Waals surface area contributed by atoms with Crippen molar-refractivity contribution in [1.29, 1.82) is 0 Å². The molecule has 1 heterocycles. The first kappa shape index (κ1) is 16.4. The maximum Gasteiger partial charge on any atom is 0.272 e. The van der Waals surface area contributed by atoms with Gasteiger partial charge in [0.1, 0.15) is 5.69 Å². The normalized spacial score (nSPS) is 10.7. The number of nitrogens with zero attached hydrogens (tertiary/aromatic N) is 2. The highest BCUT2D eigenvalue weighted by Gasteiger charge is 2.19. The smallest absolute Gasteiger partial charge is 0.272 e. The minimum atomic E-state index is -0.0875. The van der Waals surface area contributed by atoms with Gasteiger partial charge in [0.25, 0.3) is 5.91 Å². The quantitative estimate of drug-likeness (QED) is 0.765. The predicted molar refractivity (Wildman–Crippen MR) is 80.9 cm³/mol. The Bertz CT molecular complexity index is 404. The Morgan fingerprint density at radius 2 is 2.20 bits per heavy atom. The highest BCUT2D eigenvalue weighted by molar-refractivity contribution is 5.92. The molecular formula is C15H25N3O2. The number of hydrogen-bond acceptors (Lipinski definition) is 4. The minimum absolute atomic E-state index is 0.0871. The van der Waals surface area contributed by atoms with Gasteiger partial charge in [0, 0.05) is 25.7 Å². The Morgan fingerprint density at radius 1 is 1.45 bits per heavy atom. The van der Waals surface area contributed by atoms with E-state index in [2.05, 4.69) is 17.2 Å². The number of carbonyl (C=O) groups excluding carboxylic acids is 1. The van der Waals surface area contributed by atoms with Gasteiger partial charge in [-0.3, -0.25) is 4.79 Å². The predicted octanol–water partition coefficient (Wildman–Crippen LogP) is 2.14. The molecule has 0 bridgehead atoms. The molecule has 0 radical (unpaired) electrons. The van der Waals surface area contributed by atoms with E-state index in [1.165, 1.54) is 0 Å². The highest BCUT2D eigenvalue weighted by atomic mass is 16.3. The monoisotopic (exact) mass is 279 g/mol. The highest BCUT2D eigenvalue weighted by Crippen LogP contribution is 2.11. The summed E-state index contributed by atoms with van der Waals surface area (Å²) in [6.07, 6.45) is 3.32. The molecule has 0 fully saturated rings. The number of pyridine rings is 1. The molecule has 0 aliphatic heterocycles. The van der Waals surface area contributed by atoms with Gasteiger partial charge >= 0.3 is 0 Å². The van der Waals surface area contributed by atoms with Gasteiger partial charge in [-0.15, -0.1) is 0 Å². The SMILES string of the molecule is CCCNc1ccc(C(=O)N(CCCO)C(C)C)nc1. The van der Waals surface area contributed by atoms with Crippen LogP contribution in [0, 0.1) is 0 Å². The van der Waals surface area contributed by atoms with Crippen LogP contribution in [0.15, 0.2) is 18.3 Å². The third-order valence-electron chi connectivity index (χ3n) is 3.00. The second-order valence-corrected chi connectivity index (χ2v) is 5.03. The lowest BCUT2D eigenvalue weighted by atomic mass is 10.2. The molecule has 5 nitrogen and oxygen atoms in total. The summed E-state index contributed by atoms with van der Waals surface area (Å²) in [5, 5.41) is 12.1. The van der Waals surface area contributed by atoms with E-state index >= 15 is 0 Å². The Labute approximate surface area is 121 Å². The second kappa shape index (κ2) is 8.53. The Hall–Kier alpha value is -1.62. The van der Waals surface area contributed by atoms with Crippen molar-refractivity contribution < 1.29 is 9.90 Å². The molecule has 0 aliphatic carbocycles. The Balaban J connectivity index is 2.73. The van der Waals surface area contributed by atoms with Crippen LogP contribution in [0.3, 0.4) is 0 Å².